The fourth-order valence-corrected chi connectivity index (χ4v) is 4.82. The van der Waals surface area contributed by atoms with E-state index in [1.165, 1.54) is 51.4 Å². The zero-order valence-electron chi connectivity index (χ0n) is 23.8. The molecule has 0 spiro atoms. The zero-order valence-corrected chi connectivity index (χ0v) is 23.8. The Labute approximate surface area is 212 Å². The largest absolute Gasteiger partial charge is 0.459 e. The molecule has 0 atom stereocenters. The molecule has 0 aliphatic carbocycles. The van der Waals surface area contributed by atoms with Gasteiger partial charge in [-0.1, -0.05) is 92.9 Å². The van der Waals surface area contributed by atoms with Gasteiger partial charge in [0.25, 0.3) is 0 Å². The molecule has 0 amide bonds. The SMILES string of the molecule is CCCCCCCC(CC)(CC)OC(=O)CCCCC(=O)OC(CC)(CC)CCCCCCC. The number of esters is 2. The van der Waals surface area contributed by atoms with E-state index < -0.39 is 0 Å². The molecule has 0 rings (SSSR count). The van der Waals surface area contributed by atoms with Crippen LogP contribution in [0.4, 0.5) is 0 Å². The van der Waals surface area contributed by atoms with Gasteiger partial charge in [-0.15, -0.1) is 0 Å². The van der Waals surface area contributed by atoms with Crippen LogP contribution < -0.4 is 0 Å². The van der Waals surface area contributed by atoms with E-state index in [1.54, 1.807) is 0 Å². The minimum atomic E-state index is -0.318. The van der Waals surface area contributed by atoms with Crippen molar-refractivity contribution >= 4 is 11.9 Å². The van der Waals surface area contributed by atoms with E-state index in [4.69, 9.17) is 9.47 Å². The molecule has 4 heteroatoms. The van der Waals surface area contributed by atoms with E-state index in [2.05, 4.69) is 41.5 Å². The van der Waals surface area contributed by atoms with Gasteiger partial charge in [0, 0.05) is 12.8 Å². The summed E-state index contributed by atoms with van der Waals surface area (Å²) in [6.07, 6.45) is 19.7. The molecule has 0 heterocycles. The summed E-state index contributed by atoms with van der Waals surface area (Å²) >= 11 is 0. The van der Waals surface area contributed by atoms with Crippen LogP contribution in [0.1, 0.15) is 170 Å². The van der Waals surface area contributed by atoms with Crippen LogP contribution in [0.5, 0.6) is 0 Å². The van der Waals surface area contributed by atoms with Crippen LogP contribution >= 0.6 is 0 Å². The smallest absolute Gasteiger partial charge is 0.306 e. The molecule has 0 radical (unpaired) electrons. The number of ether oxygens (including phenoxy) is 2. The van der Waals surface area contributed by atoms with Crippen molar-refractivity contribution in [2.24, 2.45) is 0 Å². The molecule has 0 unspecified atom stereocenters. The van der Waals surface area contributed by atoms with Gasteiger partial charge in [0.15, 0.2) is 0 Å². The first-order chi connectivity index (χ1) is 16.4. The zero-order chi connectivity index (χ0) is 25.7. The van der Waals surface area contributed by atoms with Gasteiger partial charge in [-0.2, -0.15) is 0 Å². The monoisotopic (exact) mass is 482 g/mol. The molecule has 0 aliphatic rings. The Bertz CT molecular complexity index is 460. The van der Waals surface area contributed by atoms with Crippen LogP contribution in [0, 0.1) is 0 Å². The Hall–Kier alpha value is -1.06. The van der Waals surface area contributed by atoms with Gasteiger partial charge in [-0.05, 0) is 64.2 Å². The second kappa shape index (κ2) is 20.2. The lowest BCUT2D eigenvalue weighted by molar-refractivity contribution is -0.164. The fourth-order valence-electron chi connectivity index (χ4n) is 4.82. The molecule has 4 nitrogen and oxygen atoms in total. The maximum Gasteiger partial charge on any atom is 0.306 e. The average molecular weight is 483 g/mol. The van der Waals surface area contributed by atoms with Gasteiger partial charge < -0.3 is 9.47 Å². The molecule has 34 heavy (non-hydrogen) atoms. The van der Waals surface area contributed by atoms with Crippen LogP contribution in [0.2, 0.25) is 0 Å². The topological polar surface area (TPSA) is 52.6 Å². The van der Waals surface area contributed by atoms with Crippen molar-refractivity contribution < 1.29 is 19.1 Å². The minimum absolute atomic E-state index is 0.117. The number of unbranched alkanes of at least 4 members (excludes halogenated alkanes) is 9. The van der Waals surface area contributed by atoms with E-state index in [-0.39, 0.29) is 23.1 Å². The lowest BCUT2D eigenvalue weighted by Crippen LogP contribution is -2.34. The van der Waals surface area contributed by atoms with Crippen molar-refractivity contribution in [2.75, 3.05) is 0 Å². The van der Waals surface area contributed by atoms with E-state index >= 15 is 0 Å². The first-order valence-electron chi connectivity index (χ1n) is 14.8. The Morgan fingerprint density at radius 3 is 1.09 bits per heavy atom. The molecule has 0 aromatic carbocycles. The van der Waals surface area contributed by atoms with Gasteiger partial charge in [0.2, 0.25) is 0 Å². The number of carbonyl (C=O) groups excluding carboxylic acids is 2. The van der Waals surface area contributed by atoms with Crippen molar-refractivity contribution in [3.63, 3.8) is 0 Å². The molecule has 0 bridgehead atoms. The highest BCUT2D eigenvalue weighted by atomic mass is 16.6. The number of hydrogen-bond acceptors (Lipinski definition) is 4. The molecule has 0 fully saturated rings. The number of carbonyl (C=O) groups is 2. The van der Waals surface area contributed by atoms with Crippen LogP contribution in [-0.4, -0.2) is 23.1 Å². The Morgan fingerprint density at radius 1 is 0.471 bits per heavy atom. The molecule has 0 aliphatic heterocycles. The molecular formula is C30H58O4. The van der Waals surface area contributed by atoms with Crippen LogP contribution in [0.3, 0.4) is 0 Å². The third kappa shape index (κ3) is 14.4. The second-order valence-electron chi connectivity index (χ2n) is 10.3. The van der Waals surface area contributed by atoms with E-state index in [9.17, 15) is 9.59 Å². The summed E-state index contributed by atoms with van der Waals surface area (Å²) in [5.74, 6) is -0.233. The molecular weight excluding hydrogens is 424 g/mol. The standard InChI is InChI=1S/C30H58O4/c1-7-13-15-17-21-25-29(9-3,10-4)33-27(31)23-19-20-24-28(32)34-30(11-5,12-6)26-22-18-16-14-8-2/h7-26H2,1-6H3. The van der Waals surface area contributed by atoms with E-state index in [0.29, 0.717) is 25.7 Å². The van der Waals surface area contributed by atoms with Crippen molar-refractivity contribution in [2.45, 2.75) is 181 Å². The van der Waals surface area contributed by atoms with E-state index in [0.717, 1.165) is 51.4 Å². The van der Waals surface area contributed by atoms with Gasteiger partial charge in [0.05, 0.1) is 0 Å². The summed E-state index contributed by atoms with van der Waals surface area (Å²) < 4.78 is 12.0. The average Bonchev–Trinajstić information content (AvgIpc) is 2.85. The summed E-state index contributed by atoms with van der Waals surface area (Å²) in [5, 5.41) is 0. The molecule has 202 valence electrons. The van der Waals surface area contributed by atoms with Crippen molar-refractivity contribution in [3.05, 3.63) is 0 Å². The summed E-state index contributed by atoms with van der Waals surface area (Å²) in [4.78, 5) is 25.1. The molecule has 0 saturated carbocycles. The maximum atomic E-state index is 12.5. The third-order valence-electron chi connectivity index (χ3n) is 7.72. The maximum absolute atomic E-state index is 12.5. The Balaban J connectivity index is 4.37. The minimum Gasteiger partial charge on any atom is -0.459 e. The highest BCUT2D eigenvalue weighted by Crippen LogP contribution is 2.30. The first kappa shape index (κ1) is 32.9. The molecule has 0 saturated heterocycles. The quantitative estimate of drug-likeness (QED) is 0.107. The summed E-state index contributed by atoms with van der Waals surface area (Å²) in [6, 6.07) is 0. The normalized spacial score (nSPS) is 12.1. The van der Waals surface area contributed by atoms with Gasteiger partial charge in [0.1, 0.15) is 11.2 Å². The van der Waals surface area contributed by atoms with Crippen molar-refractivity contribution in [3.8, 4) is 0 Å². The van der Waals surface area contributed by atoms with Crippen LogP contribution in [0.15, 0.2) is 0 Å². The summed E-state index contributed by atoms with van der Waals surface area (Å²) in [5.41, 5.74) is -0.636. The Kier molecular flexibility index (Phi) is 19.5. The number of rotatable bonds is 23. The van der Waals surface area contributed by atoms with Crippen molar-refractivity contribution in [1.29, 1.82) is 0 Å². The highest BCUT2D eigenvalue weighted by Gasteiger charge is 2.31. The highest BCUT2D eigenvalue weighted by molar-refractivity contribution is 5.71. The fraction of sp³-hybridized carbons (Fsp3) is 0.933. The van der Waals surface area contributed by atoms with Crippen molar-refractivity contribution in [1.82, 2.24) is 0 Å². The lowest BCUT2D eigenvalue weighted by Gasteiger charge is -2.32. The first-order valence-corrected chi connectivity index (χ1v) is 14.8. The molecule has 0 N–H and O–H groups in total. The second-order valence-corrected chi connectivity index (χ2v) is 10.3. The van der Waals surface area contributed by atoms with Crippen LogP contribution in [0.25, 0.3) is 0 Å². The van der Waals surface area contributed by atoms with E-state index in [1.807, 2.05) is 0 Å². The third-order valence-corrected chi connectivity index (χ3v) is 7.72. The van der Waals surface area contributed by atoms with Gasteiger partial charge in [-0.3, -0.25) is 9.59 Å². The predicted octanol–water partition coefficient (Wildman–Crippen LogP) is 9.47. The lowest BCUT2D eigenvalue weighted by atomic mass is 9.90. The van der Waals surface area contributed by atoms with Crippen LogP contribution in [-0.2, 0) is 19.1 Å². The number of hydrogen-bond donors (Lipinski definition) is 0. The summed E-state index contributed by atoms with van der Waals surface area (Å²) in [7, 11) is 0. The molecule has 0 aromatic heterocycles. The van der Waals surface area contributed by atoms with Gasteiger partial charge in [-0.25, -0.2) is 0 Å². The van der Waals surface area contributed by atoms with Gasteiger partial charge >= 0.3 is 11.9 Å². The predicted molar refractivity (Wildman–Crippen MR) is 144 cm³/mol. The Morgan fingerprint density at radius 2 is 0.794 bits per heavy atom. The molecule has 0 aromatic rings. The summed E-state index contributed by atoms with van der Waals surface area (Å²) in [6.45, 7) is 12.9.